The predicted octanol–water partition coefficient (Wildman–Crippen LogP) is 3.79. The zero-order chi connectivity index (χ0) is 15.1. The van der Waals surface area contributed by atoms with Gasteiger partial charge in [0.2, 0.25) is 0 Å². The van der Waals surface area contributed by atoms with Gasteiger partial charge < -0.3 is 5.32 Å². The van der Waals surface area contributed by atoms with Crippen LogP contribution < -0.4 is 5.32 Å². The molecule has 0 saturated carbocycles. The number of amides is 1. The Morgan fingerprint density at radius 2 is 1.86 bits per heavy atom. The summed E-state index contributed by atoms with van der Waals surface area (Å²) < 4.78 is 0. The lowest BCUT2D eigenvalue weighted by Crippen LogP contribution is -2.27. The quantitative estimate of drug-likeness (QED) is 0.854. The van der Waals surface area contributed by atoms with Crippen molar-refractivity contribution in [3.8, 4) is 6.07 Å². The Balaban J connectivity index is 2.12. The first-order valence-corrected chi connectivity index (χ1v) is 7.65. The summed E-state index contributed by atoms with van der Waals surface area (Å²) in [6.07, 6.45) is 0. The molecule has 2 aromatic rings. The molecule has 0 saturated heterocycles. The minimum absolute atomic E-state index is 0.0623. The Morgan fingerprint density at radius 3 is 2.57 bits per heavy atom. The maximum atomic E-state index is 12.4. The fraction of sp³-hybridized carbons (Fsp3) is 0.176. The Hall–Kier alpha value is -2.25. The highest BCUT2D eigenvalue weighted by molar-refractivity contribution is 7.99. The highest BCUT2D eigenvalue weighted by Gasteiger charge is 2.14. The molecule has 1 amide bonds. The molecular formula is C17H16N2OS. The van der Waals surface area contributed by atoms with Crippen LogP contribution in [0, 0.1) is 11.3 Å². The topological polar surface area (TPSA) is 52.9 Å². The van der Waals surface area contributed by atoms with Gasteiger partial charge in [-0.2, -0.15) is 5.26 Å². The van der Waals surface area contributed by atoms with Crippen LogP contribution in [-0.4, -0.2) is 11.7 Å². The molecule has 1 N–H and O–H groups in total. The number of hydrogen-bond acceptors (Lipinski definition) is 3. The fourth-order valence-electron chi connectivity index (χ4n) is 1.99. The molecular weight excluding hydrogens is 280 g/mol. The monoisotopic (exact) mass is 296 g/mol. The van der Waals surface area contributed by atoms with Gasteiger partial charge in [-0.1, -0.05) is 42.5 Å². The van der Waals surface area contributed by atoms with Crippen LogP contribution in [0.4, 0.5) is 0 Å². The van der Waals surface area contributed by atoms with Crippen molar-refractivity contribution < 1.29 is 4.79 Å². The van der Waals surface area contributed by atoms with Gasteiger partial charge in [0.25, 0.3) is 5.91 Å². The van der Waals surface area contributed by atoms with Gasteiger partial charge in [0.15, 0.2) is 0 Å². The molecule has 0 aromatic heterocycles. The third kappa shape index (κ3) is 4.11. The molecule has 106 valence electrons. The maximum absolute atomic E-state index is 12.4. The number of carbonyl (C=O) groups excluding carboxylic acids is 1. The van der Waals surface area contributed by atoms with Crippen LogP contribution in [-0.2, 0) is 0 Å². The van der Waals surface area contributed by atoms with Gasteiger partial charge in [0.05, 0.1) is 23.4 Å². The van der Waals surface area contributed by atoms with Crippen molar-refractivity contribution in [3.05, 3.63) is 65.7 Å². The molecule has 0 heterocycles. The van der Waals surface area contributed by atoms with Crippen molar-refractivity contribution in [1.82, 2.24) is 5.32 Å². The van der Waals surface area contributed by atoms with Crippen LogP contribution in [0.1, 0.15) is 28.9 Å². The van der Waals surface area contributed by atoms with Crippen LogP contribution in [0.25, 0.3) is 0 Å². The van der Waals surface area contributed by atoms with Gasteiger partial charge in [0, 0.05) is 4.90 Å². The van der Waals surface area contributed by atoms with E-state index in [1.807, 2.05) is 55.5 Å². The van der Waals surface area contributed by atoms with Crippen molar-refractivity contribution in [2.45, 2.75) is 17.9 Å². The second-order valence-corrected chi connectivity index (χ2v) is 5.57. The van der Waals surface area contributed by atoms with E-state index >= 15 is 0 Å². The summed E-state index contributed by atoms with van der Waals surface area (Å²) in [6.45, 7) is 1.96. The van der Waals surface area contributed by atoms with Crippen LogP contribution in [0.5, 0.6) is 0 Å². The second-order valence-electron chi connectivity index (χ2n) is 4.55. The SMILES string of the molecule is CC(NC(=O)c1ccccc1SCC#N)c1ccccc1. The van der Waals surface area contributed by atoms with Crippen molar-refractivity contribution in [3.63, 3.8) is 0 Å². The van der Waals surface area contributed by atoms with Crippen molar-refractivity contribution >= 4 is 17.7 Å². The maximum Gasteiger partial charge on any atom is 0.252 e. The first kappa shape index (κ1) is 15.1. The molecule has 4 heteroatoms. The van der Waals surface area contributed by atoms with Gasteiger partial charge in [0.1, 0.15) is 0 Å². The van der Waals surface area contributed by atoms with Crippen molar-refractivity contribution in [2.75, 3.05) is 5.75 Å². The zero-order valence-electron chi connectivity index (χ0n) is 11.7. The summed E-state index contributed by atoms with van der Waals surface area (Å²) in [5.74, 6) is 0.214. The smallest absolute Gasteiger partial charge is 0.252 e. The second kappa shape index (κ2) is 7.51. The number of hydrogen-bond donors (Lipinski definition) is 1. The fourth-order valence-corrected chi connectivity index (χ4v) is 2.70. The van der Waals surface area contributed by atoms with E-state index in [2.05, 4.69) is 11.4 Å². The molecule has 3 nitrogen and oxygen atoms in total. The van der Waals surface area contributed by atoms with Crippen molar-refractivity contribution in [1.29, 1.82) is 5.26 Å². The minimum Gasteiger partial charge on any atom is -0.345 e. The number of nitrogens with one attached hydrogen (secondary N) is 1. The molecule has 2 aromatic carbocycles. The largest absolute Gasteiger partial charge is 0.345 e. The molecule has 21 heavy (non-hydrogen) atoms. The van der Waals surface area contributed by atoms with E-state index in [1.54, 1.807) is 6.07 Å². The minimum atomic E-state index is -0.118. The Bertz CT molecular complexity index is 649. The third-order valence-corrected chi connectivity index (χ3v) is 4.01. The number of benzene rings is 2. The number of thioether (sulfide) groups is 1. The summed E-state index contributed by atoms with van der Waals surface area (Å²) in [5, 5.41) is 11.7. The van der Waals surface area contributed by atoms with E-state index in [0.29, 0.717) is 11.3 Å². The lowest BCUT2D eigenvalue weighted by atomic mass is 10.1. The Kier molecular flexibility index (Phi) is 5.42. The van der Waals surface area contributed by atoms with Gasteiger partial charge in [-0.25, -0.2) is 0 Å². The lowest BCUT2D eigenvalue weighted by molar-refractivity contribution is 0.0937. The number of rotatable bonds is 5. The highest BCUT2D eigenvalue weighted by Crippen LogP contribution is 2.23. The average molecular weight is 296 g/mol. The summed E-state index contributed by atoms with van der Waals surface area (Å²) in [4.78, 5) is 13.2. The summed E-state index contributed by atoms with van der Waals surface area (Å²) in [7, 11) is 0. The zero-order valence-corrected chi connectivity index (χ0v) is 12.6. The Labute approximate surface area is 129 Å². The standard InChI is InChI=1S/C17H16N2OS/c1-13(14-7-3-2-4-8-14)19-17(20)15-9-5-6-10-16(15)21-12-11-18/h2-10,13H,12H2,1H3,(H,19,20). The number of nitrogens with zero attached hydrogens (tertiary/aromatic N) is 1. The van der Waals surface area contributed by atoms with Gasteiger partial charge in [-0.05, 0) is 24.6 Å². The summed E-state index contributed by atoms with van der Waals surface area (Å²) >= 11 is 1.38. The molecule has 0 aliphatic rings. The van der Waals surface area contributed by atoms with Crippen LogP contribution in [0.15, 0.2) is 59.5 Å². The van der Waals surface area contributed by atoms with Crippen molar-refractivity contribution in [2.24, 2.45) is 0 Å². The van der Waals surface area contributed by atoms with Crippen LogP contribution in [0.3, 0.4) is 0 Å². The molecule has 0 radical (unpaired) electrons. The normalized spacial score (nSPS) is 11.4. The molecule has 0 aliphatic carbocycles. The molecule has 2 rings (SSSR count). The third-order valence-electron chi connectivity index (χ3n) is 3.07. The van der Waals surface area contributed by atoms with E-state index in [4.69, 9.17) is 5.26 Å². The number of carbonyl (C=O) groups is 1. The molecule has 0 spiro atoms. The van der Waals surface area contributed by atoms with E-state index < -0.39 is 0 Å². The van der Waals surface area contributed by atoms with E-state index in [9.17, 15) is 4.79 Å². The molecule has 0 fully saturated rings. The molecule has 1 unspecified atom stereocenters. The first-order valence-electron chi connectivity index (χ1n) is 6.67. The molecule has 1 atom stereocenters. The van der Waals surface area contributed by atoms with E-state index in [1.165, 1.54) is 11.8 Å². The summed E-state index contributed by atoms with van der Waals surface area (Å²) in [6, 6.07) is 19.2. The highest BCUT2D eigenvalue weighted by atomic mass is 32.2. The summed E-state index contributed by atoms with van der Waals surface area (Å²) in [5.41, 5.74) is 1.67. The van der Waals surface area contributed by atoms with E-state index in [-0.39, 0.29) is 11.9 Å². The Morgan fingerprint density at radius 1 is 1.19 bits per heavy atom. The number of nitriles is 1. The first-order chi connectivity index (χ1) is 10.2. The predicted molar refractivity (Wildman–Crippen MR) is 85.1 cm³/mol. The lowest BCUT2D eigenvalue weighted by Gasteiger charge is -2.15. The molecule has 0 aliphatic heterocycles. The average Bonchev–Trinajstić information content (AvgIpc) is 2.54. The van der Waals surface area contributed by atoms with Gasteiger partial charge in [-0.15, -0.1) is 11.8 Å². The molecule has 0 bridgehead atoms. The van der Waals surface area contributed by atoms with Crippen LogP contribution >= 0.6 is 11.8 Å². The van der Waals surface area contributed by atoms with Crippen LogP contribution in [0.2, 0.25) is 0 Å². The van der Waals surface area contributed by atoms with Gasteiger partial charge >= 0.3 is 0 Å². The van der Waals surface area contributed by atoms with E-state index in [0.717, 1.165) is 10.5 Å². The van der Waals surface area contributed by atoms with Gasteiger partial charge in [-0.3, -0.25) is 4.79 Å².